The van der Waals surface area contributed by atoms with Crippen LogP contribution in [0.4, 0.5) is 5.69 Å². The molecule has 0 radical (unpaired) electrons. The molecule has 4 heteroatoms. The fraction of sp³-hybridized carbons (Fsp3) is 0.615. The van der Waals surface area contributed by atoms with Gasteiger partial charge in [-0.1, -0.05) is 20.8 Å². The lowest BCUT2D eigenvalue weighted by molar-refractivity contribution is 0.266. The SMILES string of the molecule is CCCOc1nc(OCCC(C)C)ccc1N. The average molecular weight is 238 g/mol. The molecule has 0 aliphatic rings. The lowest BCUT2D eigenvalue weighted by atomic mass is 10.1. The van der Waals surface area contributed by atoms with E-state index in [0.29, 0.717) is 36.6 Å². The van der Waals surface area contributed by atoms with Crippen LogP contribution < -0.4 is 15.2 Å². The van der Waals surface area contributed by atoms with Crippen LogP contribution in [0.25, 0.3) is 0 Å². The monoisotopic (exact) mass is 238 g/mol. The van der Waals surface area contributed by atoms with Crippen molar-refractivity contribution >= 4 is 5.69 Å². The molecule has 0 aromatic carbocycles. The zero-order chi connectivity index (χ0) is 12.7. The van der Waals surface area contributed by atoms with Crippen LogP contribution in [0.15, 0.2) is 12.1 Å². The van der Waals surface area contributed by atoms with E-state index in [1.165, 1.54) is 0 Å². The highest BCUT2D eigenvalue weighted by atomic mass is 16.5. The van der Waals surface area contributed by atoms with Crippen molar-refractivity contribution < 1.29 is 9.47 Å². The normalized spacial score (nSPS) is 10.6. The molecule has 96 valence electrons. The smallest absolute Gasteiger partial charge is 0.240 e. The molecule has 0 saturated carbocycles. The van der Waals surface area contributed by atoms with E-state index in [9.17, 15) is 0 Å². The molecule has 0 aliphatic heterocycles. The van der Waals surface area contributed by atoms with E-state index in [1.54, 1.807) is 12.1 Å². The van der Waals surface area contributed by atoms with E-state index in [2.05, 4.69) is 18.8 Å². The Balaban J connectivity index is 2.55. The number of nitrogens with zero attached hydrogens (tertiary/aromatic N) is 1. The van der Waals surface area contributed by atoms with Gasteiger partial charge in [0.1, 0.15) is 0 Å². The molecule has 1 aromatic heterocycles. The zero-order valence-corrected chi connectivity index (χ0v) is 10.9. The molecule has 0 amide bonds. The summed E-state index contributed by atoms with van der Waals surface area (Å²) < 4.78 is 11.0. The first kappa shape index (κ1) is 13.6. The van der Waals surface area contributed by atoms with Gasteiger partial charge in [-0.05, 0) is 24.8 Å². The Labute approximate surface area is 103 Å². The van der Waals surface area contributed by atoms with Crippen LogP contribution in [0.1, 0.15) is 33.6 Å². The van der Waals surface area contributed by atoms with Gasteiger partial charge < -0.3 is 15.2 Å². The second-order valence-corrected chi connectivity index (χ2v) is 4.42. The van der Waals surface area contributed by atoms with Crippen molar-refractivity contribution in [3.05, 3.63) is 12.1 Å². The minimum atomic E-state index is 0.467. The van der Waals surface area contributed by atoms with E-state index in [-0.39, 0.29) is 0 Å². The van der Waals surface area contributed by atoms with Crippen molar-refractivity contribution in [3.8, 4) is 11.8 Å². The van der Waals surface area contributed by atoms with Gasteiger partial charge in [0.15, 0.2) is 0 Å². The van der Waals surface area contributed by atoms with Gasteiger partial charge in [-0.2, -0.15) is 4.98 Å². The van der Waals surface area contributed by atoms with Crippen LogP contribution in [-0.4, -0.2) is 18.2 Å². The Hall–Kier alpha value is -1.45. The molecule has 0 aliphatic carbocycles. The molecule has 1 aromatic rings. The fourth-order valence-corrected chi connectivity index (χ4v) is 1.23. The molecule has 2 N–H and O–H groups in total. The van der Waals surface area contributed by atoms with Gasteiger partial charge >= 0.3 is 0 Å². The molecule has 17 heavy (non-hydrogen) atoms. The highest BCUT2D eigenvalue weighted by molar-refractivity contribution is 5.49. The van der Waals surface area contributed by atoms with Crippen LogP contribution in [0.3, 0.4) is 0 Å². The number of ether oxygens (including phenoxy) is 2. The first-order chi connectivity index (χ1) is 8.13. The minimum absolute atomic E-state index is 0.467. The zero-order valence-electron chi connectivity index (χ0n) is 10.9. The van der Waals surface area contributed by atoms with Crippen molar-refractivity contribution in [2.45, 2.75) is 33.6 Å². The summed E-state index contributed by atoms with van der Waals surface area (Å²) in [5.74, 6) is 1.67. The number of nitrogen functional groups attached to an aromatic ring is 1. The van der Waals surface area contributed by atoms with Crippen molar-refractivity contribution in [1.29, 1.82) is 0 Å². The van der Waals surface area contributed by atoms with Crippen LogP contribution in [0.2, 0.25) is 0 Å². The van der Waals surface area contributed by atoms with Crippen molar-refractivity contribution in [3.63, 3.8) is 0 Å². The van der Waals surface area contributed by atoms with Crippen LogP contribution >= 0.6 is 0 Å². The van der Waals surface area contributed by atoms with Gasteiger partial charge in [-0.15, -0.1) is 0 Å². The number of rotatable bonds is 7. The molecule has 0 saturated heterocycles. The number of hydrogen-bond donors (Lipinski definition) is 1. The largest absolute Gasteiger partial charge is 0.478 e. The Kier molecular flexibility index (Phi) is 5.60. The summed E-state index contributed by atoms with van der Waals surface area (Å²) >= 11 is 0. The first-order valence-electron chi connectivity index (χ1n) is 6.15. The van der Waals surface area contributed by atoms with E-state index in [1.807, 2.05) is 6.92 Å². The van der Waals surface area contributed by atoms with Crippen molar-refractivity contribution in [2.75, 3.05) is 18.9 Å². The molecule has 0 fully saturated rings. The second-order valence-electron chi connectivity index (χ2n) is 4.42. The van der Waals surface area contributed by atoms with Crippen molar-refractivity contribution in [2.24, 2.45) is 5.92 Å². The molecular weight excluding hydrogens is 216 g/mol. The Bertz CT molecular complexity index is 340. The quantitative estimate of drug-likeness (QED) is 0.793. The summed E-state index contributed by atoms with van der Waals surface area (Å²) in [6.45, 7) is 7.65. The molecule has 0 spiro atoms. The van der Waals surface area contributed by atoms with Gasteiger partial charge in [-0.25, -0.2) is 0 Å². The first-order valence-corrected chi connectivity index (χ1v) is 6.15. The van der Waals surface area contributed by atoms with Gasteiger partial charge in [0.25, 0.3) is 0 Å². The van der Waals surface area contributed by atoms with Gasteiger partial charge in [0.05, 0.1) is 18.9 Å². The van der Waals surface area contributed by atoms with Gasteiger partial charge in [-0.3, -0.25) is 0 Å². The van der Waals surface area contributed by atoms with Crippen molar-refractivity contribution in [1.82, 2.24) is 4.98 Å². The summed E-state index contributed by atoms with van der Waals surface area (Å²) in [4.78, 5) is 4.24. The molecule has 1 heterocycles. The third kappa shape index (κ3) is 4.93. The van der Waals surface area contributed by atoms with Crippen LogP contribution in [0.5, 0.6) is 11.8 Å². The number of hydrogen-bond acceptors (Lipinski definition) is 4. The van der Waals surface area contributed by atoms with E-state index < -0.39 is 0 Å². The Morgan fingerprint density at radius 3 is 2.65 bits per heavy atom. The Morgan fingerprint density at radius 1 is 1.24 bits per heavy atom. The topological polar surface area (TPSA) is 57.4 Å². The standard InChI is InChI=1S/C13H22N2O2/c1-4-8-17-13-11(14)5-6-12(15-13)16-9-7-10(2)3/h5-6,10H,4,7-9,14H2,1-3H3. The number of pyridine rings is 1. The summed E-state index contributed by atoms with van der Waals surface area (Å²) in [6, 6.07) is 3.54. The molecular formula is C13H22N2O2. The molecule has 1 rings (SSSR count). The minimum Gasteiger partial charge on any atom is -0.478 e. The summed E-state index contributed by atoms with van der Waals surface area (Å²) in [7, 11) is 0. The molecule has 0 bridgehead atoms. The highest BCUT2D eigenvalue weighted by Gasteiger charge is 2.05. The third-order valence-corrected chi connectivity index (χ3v) is 2.25. The average Bonchev–Trinajstić information content (AvgIpc) is 2.29. The van der Waals surface area contributed by atoms with E-state index in [0.717, 1.165) is 12.8 Å². The summed E-state index contributed by atoms with van der Waals surface area (Å²) in [5, 5.41) is 0. The number of anilines is 1. The number of nitrogens with two attached hydrogens (primary N) is 1. The molecule has 0 atom stereocenters. The lowest BCUT2D eigenvalue weighted by Crippen LogP contribution is -2.05. The summed E-state index contributed by atoms with van der Waals surface area (Å²) in [6.07, 6.45) is 1.94. The maximum atomic E-state index is 5.76. The number of aromatic nitrogens is 1. The Morgan fingerprint density at radius 2 is 2.00 bits per heavy atom. The predicted molar refractivity (Wildman–Crippen MR) is 69.4 cm³/mol. The van der Waals surface area contributed by atoms with Gasteiger partial charge in [0, 0.05) is 6.07 Å². The highest BCUT2D eigenvalue weighted by Crippen LogP contribution is 2.22. The summed E-state index contributed by atoms with van der Waals surface area (Å²) in [5.41, 5.74) is 6.31. The molecule has 4 nitrogen and oxygen atoms in total. The maximum Gasteiger partial charge on any atom is 0.240 e. The third-order valence-electron chi connectivity index (χ3n) is 2.25. The molecule has 0 unspecified atom stereocenters. The van der Waals surface area contributed by atoms with E-state index >= 15 is 0 Å². The lowest BCUT2D eigenvalue weighted by Gasteiger charge is -2.10. The maximum absolute atomic E-state index is 5.76. The predicted octanol–water partition coefficient (Wildman–Crippen LogP) is 2.88. The fourth-order valence-electron chi connectivity index (χ4n) is 1.23. The van der Waals surface area contributed by atoms with E-state index in [4.69, 9.17) is 15.2 Å². The van der Waals surface area contributed by atoms with Crippen LogP contribution in [0, 0.1) is 5.92 Å². The second kappa shape index (κ2) is 6.99. The van der Waals surface area contributed by atoms with Crippen LogP contribution in [-0.2, 0) is 0 Å². The van der Waals surface area contributed by atoms with Gasteiger partial charge in [0.2, 0.25) is 11.8 Å².